The molecular weight excluding hydrogens is 356 g/mol. The van der Waals surface area contributed by atoms with Gasteiger partial charge in [-0.05, 0) is 91.8 Å². The predicted octanol–water partition coefficient (Wildman–Crippen LogP) is 6.28. The van der Waals surface area contributed by atoms with Crippen molar-refractivity contribution in [3.63, 3.8) is 0 Å². The number of carbonyl (C=O) groups excluding carboxylic acids is 1. The van der Waals surface area contributed by atoms with E-state index in [0.29, 0.717) is 34.6 Å². The molecule has 1 saturated heterocycles. The molecule has 3 saturated carbocycles. The predicted molar refractivity (Wildman–Crippen MR) is 120 cm³/mol. The minimum absolute atomic E-state index is 0.325. The van der Waals surface area contributed by atoms with E-state index in [9.17, 15) is 4.79 Å². The number of hydrazine groups is 1. The van der Waals surface area contributed by atoms with Gasteiger partial charge in [0, 0.05) is 26.1 Å². The smallest absolute Gasteiger partial charge is 0.236 e. The van der Waals surface area contributed by atoms with Gasteiger partial charge < -0.3 is 0 Å². The molecule has 3 nitrogen and oxygen atoms in total. The molecule has 3 heteroatoms. The SMILES string of the molecule is CCCCC(=O)N(C)N1CCC[C@@]2(C)C1CC[C@H]1[C@@H]3C(C)(C)CC[C@@]3(C)CC[C@H]12. The summed E-state index contributed by atoms with van der Waals surface area (Å²) in [6, 6.07) is 0.557. The molecule has 6 atom stereocenters. The third-order valence-electron chi connectivity index (χ3n) is 10.2. The largest absolute Gasteiger partial charge is 0.278 e. The zero-order valence-corrected chi connectivity index (χ0v) is 20.1. The second-order valence-corrected chi connectivity index (χ2v) is 12.3. The van der Waals surface area contributed by atoms with Crippen molar-refractivity contribution in [2.75, 3.05) is 13.6 Å². The zero-order valence-electron chi connectivity index (χ0n) is 20.1. The maximum Gasteiger partial charge on any atom is 0.236 e. The molecule has 1 heterocycles. The monoisotopic (exact) mass is 402 g/mol. The molecular formula is C26H46N2O. The van der Waals surface area contributed by atoms with E-state index in [4.69, 9.17) is 0 Å². The van der Waals surface area contributed by atoms with E-state index < -0.39 is 0 Å². The van der Waals surface area contributed by atoms with Crippen LogP contribution in [0.2, 0.25) is 0 Å². The fourth-order valence-electron chi connectivity index (χ4n) is 8.90. The third kappa shape index (κ3) is 3.38. The van der Waals surface area contributed by atoms with E-state index in [1.807, 2.05) is 12.1 Å². The van der Waals surface area contributed by atoms with Crippen molar-refractivity contribution in [2.24, 2.45) is 34.0 Å². The molecule has 1 amide bonds. The lowest BCUT2D eigenvalue weighted by molar-refractivity contribution is -0.191. The summed E-state index contributed by atoms with van der Waals surface area (Å²) in [5, 5.41) is 4.54. The van der Waals surface area contributed by atoms with Gasteiger partial charge in [-0.3, -0.25) is 9.80 Å². The lowest BCUT2D eigenvalue weighted by Crippen LogP contribution is -2.64. The standard InChI is InChI=1S/C26H46N2O/c1-7-8-10-22(29)27(6)28-18-9-14-26(5)20-13-15-25(4)17-16-24(2,3)23(25)19(20)11-12-21(26)28/h19-21,23H,7-18H2,1-6H3/t19-,20-,21?,23-,25-,26-/m1/s1. The molecule has 0 spiro atoms. The minimum Gasteiger partial charge on any atom is -0.278 e. The second kappa shape index (κ2) is 7.53. The van der Waals surface area contributed by atoms with Gasteiger partial charge in [-0.2, -0.15) is 0 Å². The quantitative estimate of drug-likeness (QED) is 0.552. The fraction of sp³-hybridized carbons (Fsp3) is 0.962. The molecule has 166 valence electrons. The number of fused-ring (bicyclic) bond motifs is 5. The number of hydrogen-bond donors (Lipinski definition) is 0. The van der Waals surface area contributed by atoms with Crippen LogP contribution in [-0.4, -0.2) is 35.6 Å². The average Bonchev–Trinajstić information content (AvgIpc) is 2.94. The van der Waals surface area contributed by atoms with Gasteiger partial charge in [0.25, 0.3) is 0 Å². The molecule has 0 aromatic carbocycles. The van der Waals surface area contributed by atoms with E-state index in [2.05, 4.69) is 39.6 Å². The van der Waals surface area contributed by atoms with Crippen LogP contribution in [0.4, 0.5) is 0 Å². The van der Waals surface area contributed by atoms with Crippen molar-refractivity contribution in [1.29, 1.82) is 0 Å². The number of hydrogen-bond acceptors (Lipinski definition) is 2. The lowest BCUT2D eigenvalue weighted by Gasteiger charge is -2.64. The molecule has 4 fully saturated rings. The summed E-state index contributed by atoms with van der Waals surface area (Å²) < 4.78 is 0. The summed E-state index contributed by atoms with van der Waals surface area (Å²) in [5.41, 5.74) is 1.46. The Labute approximate surface area is 179 Å². The number of carbonyl (C=O) groups is 1. The number of amides is 1. The maximum atomic E-state index is 12.8. The molecule has 4 rings (SSSR count). The van der Waals surface area contributed by atoms with Gasteiger partial charge in [-0.25, -0.2) is 5.01 Å². The first-order chi connectivity index (χ1) is 13.6. The van der Waals surface area contributed by atoms with Crippen LogP contribution in [0.1, 0.15) is 105 Å². The van der Waals surface area contributed by atoms with Crippen LogP contribution in [0.3, 0.4) is 0 Å². The first-order valence-electron chi connectivity index (χ1n) is 12.7. The van der Waals surface area contributed by atoms with Crippen LogP contribution in [0.15, 0.2) is 0 Å². The first-order valence-corrected chi connectivity index (χ1v) is 12.7. The molecule has 3 aliphatic carbocycles. The maximum absolute atomic E-state index is 12.8. The highest BCUT2D eigenvalue weighted by Crippen LogP contribution is 2.68. The van der Waals surface area contributed by atoms with Crippen LogP contribution in [0.25, 0.3) is 0 Å². The summed E-state index contributed by atoms with van der Waals surface area (Å²) in [4.78, 5) is 12.8. The molecule has 0 bridgehead atoms. The Morgan fingerprint density at radius 1 is 1.03 bits per heavy atom. The summed E-state index contributed by atoms with van der Waals surface area (Å²) in [7, 11) is 2.05. The molecule has 1 unspecified atom stereocenters. The third-order valence-corrected chi connectivity index (χ3v) is 10.2. The van der Waals surface area contributed by atoms with Gasteiger partial charge in [-0.1, -0.05) is 41.0 Å². The van der Waals surface area contributed by atoms with Crippen LogP contribution in [-0.2, 0) is 4.79 Å². The van der Waals surface area contributed by atoms with Crippen molar-refractivity contribution in [1.82, 2.24) is 10.0 Å². The topological polar surface area (TPSA) is 23.6 Å². The molecule has 0 radical (unpaired) electrons. The van der Waals surface area contributed by atoms with Gasteiger partial charge in [0.05, 0.1) is 0 Å². The number of unbranched alkanes of at least 4 members (excludes halogenated alkanes) is 1. The Kier molecular flexibility index (Phi) is 5.63. The zero-order chi connectivity index (χ0) is 21.0. The number of piperidine rings is 1. The number of nitrogens with zero attached hydrogens (tertiary/aromatic N) is 2. The van der Waals surface area contributed by atoms with Crippen molar-refractivity contribution < 1.29 is 4.79 Å². The Balaban J connectivity index is 1.58. The van der Waals surface area contributed by atoms with E-state index in [1.165, 1.54) is 51.4 Å². The van der Waals surface area contributed by atoms with Gasteiger partial charge in [-0.15, -0.1) is 0 Å². The molecule has 0 aromatic rings. The molecule has 1 aliphatic heterocycles. The Morgan fingerprint density at radius 3 is 2.52 bits per heavy atom. The normalized spacial score (nSPS) is 43.9. The van der Waals surface area contributed by atoms with Gasteiger partial charge in [0.2, 0.25) is 5.91 Å². The molecule has 0 N–H and O–H groups in total. The highest BCUT2D eigenvalue weighted by Gasteiger charge is 2.62. The summed E-state index contributed by atoms with van der Waals surface area (Å²) >= 11 is 0. The van der Waals surface area contributed by atoms with E-state index in [0.717, 1.165) is 37.1 Å². The van der Waals surface area contributed by atoms with Crippen molar-refractivity contribution in [3.05, 3.63) is 0 Å². The summed E-state index contributed by atoms with van der Waals surface area (Å²) in [6.07, 6.45) is 13.8. The highest BCUT2D eigenvalue weighted by atomic mass is 16.2. The van der Waals surface area contributed by atoms with Crippen molar-refractivity contribution in [3.8, 4) is 0 Å². The fourth-order valence-corrected chi connectivity index (χ4v) is 8.90. The Hall–Kier alpha value is -0.570. The summed E-state index contributed by atoms with van der Waals surface area (Å²) in [6.45, 7) is 13.6. The Morgan fingerprint density at radius 2 is 1.79 bits per heavy atom. The van der Waals surface area contributed by atoms with Crippen LogP contribution in [0, 0.1) is 34.0 Å². The highest BCUT2D eigenvalue weighted by molar-refractivity contribution is 5.75. The van der Waals surface area contributed by atoms with E-state index in [1.54, 1.807) is 0 Å². The van der Waals surface area contributed by atoms with Crippen molar-refractivity contribution >= 4 is 5.91 Å². The van der Waals surface area contributed by atoms with E-state index >= 15 is 0 Å². The minimum atomic E-state index is 0.325. The molecule has 4 aliphatic rings. The summed E-state index contributed by atoms with van der Waals surface area (Å²) in [5.74, 6) is 2.96. The van der Waals surface area contributed by atoms with Crippen molar-refractivity contribution in [2.45, 2.75) is 111 Å². The average molecular weight is 403 g/mol. The van der Waals surface area contributed by atoms with Crippen LogP contribution < -0.4 is 0 Å². The second-order valence-electron chi connectivity index (χ2n) is 12.3. The van der Waals surface area contributed by atoms with Crippen LogP contribution >= 0.6 is 0 Å². The Bertz CT molecular complexity index is 630. The van der Waals surface area contributed by atoms with Gasteiger partial charge in [0.1, 0.15) is 0 Å². The molecule has 0 aromatic heterocycles. The van der Waals surface area contributed by atoms with Crippen LogP contribution in [0.5, 0.6) is 0 Å². The number of rotatable bonds is 4. The molecule has 29 heavy (non-hydrogen) atoms. The van der Waals surface area contributed by atoms with E-state index in [-0.39, 0.29) is 0 Å². The van der Waals surface area contributed by atoms with Gasteiger partial charge >= 0.3 is 0 Å². The first kappa shape index (κ1) is 21.7. The van der Waals surface area contributed by atoms with Gasteiger partial charge in [0.15, 0.2) is 0 Å². The lowest BCUT2D eigenvalue weighted by atomic mass is 9.45.